The molecule has 0 saturated heterocycles. The molecule has 0 aromatic heterocycles. The smallest absolute Gasteiger partial charge is 0.315 e. The average Bonchev–Trinajstić information content (AvgIpc) is 2.45. The van der Waals surface area contributed by atoms with Crippen molar-refractivity contribution in [2.24, 2.45) is 0 Å². The van der Waals surface area contributed by atoms with Crippen molar-refractivity contribution in [3.63, 3.8) is 0 Å². The number of amides is 1. The lowest BCUT2D eigenvalue weighted by atomic mass is 10.2. The summed E-state index contributed by atoms with van der Waals surface area (Å²) in [5.74, 6) is 0.147. The Labute approximate surface area is 111 Å². The predicted octanol–water partition coefficient (Wildman–Crippen LogP) is 1.23. The first kappa shape index (κ1) is 14.8. The number of carbonyl (C=O) groups excluding carboxylic acids is 2. The average molecular weight is 267 g/mol. The van der Waals surface area contributed by atoms with E-state index in [2.05, 4.69) is 4.74 Å². The summed E-state index contributed by atoms with van der Waals surface area (Å²) in [5.41, 5.74) is 0.553. The van der Waals surface area contributed by atoms with Crippen molar-refractivity contribution < 1.29 is 23.8 Å². The van der Waals surface area contributed by atoms with E-state index in [1.807, 2.05) is 0 Å². The third kappa shape index (κ3) is 3.61. The lowest BCUT2D eigenvalue weighted by molar-refractivity contribution is -0.143. The van der Waals surface area contributed by atoms with Gasteiger partial charge in [0.1, 0.15) is 17.9 Å². The number of hydrogen-bond donors (Lipinski definition) is 0. The Balaban J connectivity index is 2.95. The highest BCUT2D eigenvalue weighted by Gasteiger charge is 2.19. The molecule has 0 unspecified atom stereocenters. The molecule has 0 saturated carbocycles. The summed E-state index contributed by atoms with van der Waals surface area (Å²) < 4.78 is 14.7. The molecule has 0 spiro atoms. The van der Waals surface area contributed by atoms with Crippen LogP contribution in [0, 0.1) is 0 Å². The molecular formula is C13H17NO5. The number of rotatable bonds is 5. The Morgan fingerprint density at radius 2 is 1.84 bits per heavy atom. The monoisotopic (exact) mass is 267 g/mol. The summed E-state index contributed by atoms with van der Waals surface area (Å²) in [6.07, 6.45) is -0.317. The van der Waals surface area contributed by atoms with E-state index in [4.69, 9.17) is 9.47 Å². The van der Waals surface area contributed by atoms with Crippen molar-refractivity contribution in [2.45, 2.75) is 6.42 Å². The lowest BCUT2D eigenvalue weighted by Gasteiger charge is -2.20. The van der Waals surface area contributed by atoms with E-state index in [1.54, 1.807) is 32.4 Å². The Morgan fingerprint density at radius 1 is 1.16 bits per heavy atom. The number of hydrogen-bond acceptors (Lipinski definition) is 5. The van der Waals surface area contributed by atoms with Gasteiger partial charge in [0, 0.05) is 13.1 Å². The number of nitrogens with zero attached hydrogens (tertiary/aromatic N) is 1. The molecule has 0 aliphatic carbocycles. The van der Waals surface area contributed by atoms with E-state index in [0.29, 0.717) is 17.2 Å². The number of methoxy groups -OCH3 is 3. The largest absolute Gasteiger partial charge is 0.497 e. The Morgan fingerprint density at radius 3 is 2.37 bits per heavy atom. The zero-order valence-corrected chi connectivity index (χ0v) is 11.4. The van der Waals surface area contributed by atoms with Gasteiger partial charge in [-0.3, -0.25) is 9.59 Å². The molecule has 0 aliphatic rings. The fourth-order valence-corrected chi connectivity index (χ4v) is 1.51. The highest BCUT2D eigenvalue weighted by atomic mass is 16.5. The molecule has 0 atom stereocenters. The summed E-state index contributed by atoms with van der Waals surface area (Å²) in [6.45, 7) is 0. The normalized spacial score (nSPS) is 9.68. The Bertz CT molecular complexity index is 472. The van der Waals surface area contributed by atoms with Crippen LogP contribution < -0.4 is 14.4 Å². The molecule has 0 aliphatic heterocycles. The minimum absolute atomic E-state index is 0.317. The van der Waals surface area contributed by atoms with Crippen LogP contribution >= 0.6 is 0 Å². The van der Waals surface area contributed by atoms with Gasteiger partial charge in [0.15, 0.2) is 0 Å². The molecule has 19 heavy (non-hydrogen) atoms. The standard InChI is InChI=1S/C13H17NO5/c1-14(12(15)8-13(16)19-4)10-6-5-9(17-2)7-11(10)18-3/h5-7H,8H2,1-4H3. The van der Waals surface area contributed by atoms with Crippen molar-refractivity contribution in [1.82, 2.24) is 0 Å². The van der Waals surface area contributed by atoms with E-state index in [-0.39, 0.29) is 12.3 Å². The van der Waals surface area contributed by atoms with Crippen LogP contribution in [0.5, 0.6) is 11.5 Å². The van der Waals surface area contributed by atoms with E-state index in [0.717, 1.165) is 0 Å². The van der Waals surface area contributed by atoms with Gasteiger partial charge in [-0.25, -0.2) is 0 Å². The van der Waals surface area contributed by atoms with Crippen LogP contribution in [-0.2, 0) is 14.3 Å². The molecule has 1 amide bonds. The van der Waals surface area contributed by atoms with E-state index in [1.165, 1.54) is 19.1 Å². The number of ether oxygens (including phenoxy) is 3. The summed E-state index contributed by atoms with van der Waals surface area (Å²) in [5, 5.41) is 0. The molecule has 6 nitrogen and oxygen atoms in total. The third-order valence-corrected chi connectivity index (χ3v) is 2.65. The highest BCUT2D eigenvalue weighted by molar-refractivity contribution is 6.03. The van der Waals surface area contributed by atoms with Crippen molar-refractivity contribution in [1.29, 1.82) is 0 Å². The fraction of sp³-hybridized carbons (Fsp3) is 0.385. The highest BCUT2D eigenvalue weighted by Crippen LogP contribution is 2.31. The topological polar surface area (TPSA) is 65.1 Å². The first-order valence-electron chi connectivity index (χ1n) is 5.58. The van der Waals surface area contributed by atoms with Gasteiger partial charge in [-0.05, 0) is 12.1 Å². The molecule has 0 heterocycles. The van der Waals surface area contributed by atoms with Crippen molar-refractivity contribution in [2.75, 3.05) is 33.3 Å². The van der Waals surface area contributed by atoms with E-state index < -0.39 is 5.97 Å². The molecule has 0 N–H and O–H groups in total. The van der Waals surface area contributed by atoms with Gasteiger partial charge in [0.2, 0.25) is 5.91 Å². The summed E-state index contributed by atoms with van der Waals surface area (Å²) in [4.78, 5) is 24.3. The maximum atomic E-state index is 11.9. The molecule has 0 bridgehead atoms. The van der Waals surface area contributed by atoms with Gasteiger partial charge in [0.25, 0.3) is 0 Å². The minimum Gasteiger partial charge on any atom is -0.497 e. The number of benzene rings is 1. The number of anilines is 1. The maximum absolute atomic E-state index is 11.9. The summed E-state index contributed by atoms with van der Waals surface area (Å²) >= 11 is 0. The van der Waals surface area contributed by atoms with Crippen LogP contribution in [0.15, 0.2) is 18.2 Å². The van der Waals surface area contributed by atoms with Crippen LogP contribution in [-0.4, -0.2) is 40.3 Å². The molecule has 6 heteroatoms. The van der Waals surface area contributed by atoms with Gasteiger partial charge in [0.05, 0.1) is 27.0 Å². The molecule has 104 valence electrons. The number of carbonyl (C=O) groups is 2. The van der Waals surface area contributed by atoms with Gasteiger partial charge in [-0.2, -0.15) is 0 Å². The van der Waals surface area contributed by atoms with Crippen LogP contribution in [0.4, 0.5) is 5.69 Å². The second kappa shape index (κ2) is 6.63. The Hall–Kier alpha value is -2.24. The summed E-state index contributed by atoms with van der Waals surface area (Å²) in [6, 6.07) is 5.06. The number of esters is 1. The van der Waals surface area contributed by atoms with Crippen LogP contribution in [0.1, 0.15) is 6.42 Å². The van der Waals surface area contributed by atoms with Crippen LogP contribution in [0.2, 0.25) is 0 Å². The molecule has 1 aromatic carbocycles. The second-order valence-corrected chi connectivity index (χ2v) is 3.74. The Kier molecular flexibility index (Phi) is 5.17. The van der Waals surface area contributed by atoms with Crippen molar-refractivity contribution >= 4 is 17.6 Å². The molecule has 1 rings (SSSR count). The van der Waals surface area contributed by atoms with Crippen LogP contribution in [0.25, 0.3) is 0 Å². The first-order valence-corrected chi connectivity index (χ1v) is 5.58. The summed E-state index contributed by atoms with van der Waals surface area (Å²) in [7, 11) is 5.84. The molecule has 1 aromatic rings. The van der Waals surface area contributed by atoms with E-state index in [9.17, 15) is 9.59 Å². The zero-order chi connectivity index (χ0) is 14.4. The lowest BCUT2D eigenvalue weighted by Crippen LogP contribution is -2.29. The maximum Gasteiger partial charge on any atom is 0.315 e. The minimum atomic E-state index is -0.579. The van der Waals surface area contributed by atoms with Crippen LogP contribution in [0.3, 0.4) is 0 Å². The van der Waals surface area contributed by atoms with Gasteiger partial charge in [-0.1, -0.05) is 0 Å². The van der Waals surface area contributed by atoms with Gasteiger partial charge >= 0.3 is 5.97 Å². The third-order valence-electron chi connectivity index (χ3n) is 2.65. The first-order chi connectivity index (χ1) is 9.03. The van der Waals surface area contributed by atoms with Crippen molar-refractivity contribution in [3.8, 4) is 11.5 Å². The van der Waals surface area contributed by atoms with Gasteiger partial charge in [-0.15, -0.1) is 0 Å². The molecule has 0 radical (unpaired) electrons. The van der Waals surface area contributed by atoms with Crippen molar-refractivity contribution in [3.05, 3.63) is 18.2 Å². The SMILES string of the molecule is COC(=O)CC(=O)N(C)c1ccc(OC)cc1OC. The van der Waals surface area contributed by atoms with E-state index >= 15 is 0 Å². The molecular weight excluding hydrogens is 250 g/mol. The second-order valence-electron chi connectivity index (χ2n) is 3.74. The van der Waals surface area contributed by atoms with Gasteiger partial charge < -0.3 is 19.1 Å². The molecule has 0 fully saturated rings. The zero-order valence-electron chi connectivity index (χ0n) is 11.4. The quantitative estimate of drug-likeness (QED) is 0.593. The predicted molar refractivity (Wildman–Crippen MR) is 69.6 cm³/mol. The fourth-order valence-electron chi connectivity index (χ4n) is 1.51.